The zero-order chi connectivity index (χ0) is 12.1. The molecule has 2 nitrogen and oxygen atoms in total. The first-order valence-corrected chi connectivity index (χ1v) is 6.39. The number of hydrogen-bond acceptors (Lipinski definition) is 2. The molecule has 1 unspecified atom stereocenters. The Balaban J connectivity index is 2.00. The van der Waals surface area contributed by atoms with Crippen LogP contribution in [0, 0.1) is 5.82 Å². The monoisotopic (exact) mass is 237 g/mol. The molecule has 1 N–H and O–H groups in total. The number of rotatable bonds is 4. The fraction of sp³-hybridized carbons (Fsp3) is 0.571. The van der Waals surface area contributed by atoms with Gasteiger partial charge in [0.25, 0.3) is 0 Å². The van der Waals surface area contributed by atoms with Crippen LogP contribution in [0.25, 0.3) is 0 Å². The molecule has 0 saturated carbocycles. The summed E-state index contributed by atoms with van der Waals surface area (Å²) in [6.45, 7) is 3.79. The van der Waals surface area contributed by atoms with Crippen molar-refractivity contribution in [1.29, 1.82) is 0 Å². The predicted octanol–water partition coefficient (Wildman–Crippen LogP) is 3.05. The van der Waals surface area contributed by atoms with Gasteiger partial charge in [0, 0.05) is 25.3 Å². The molecule has 1 fully saturated rings. The Morgan fingerprint density at radius 2 is 2.18 bits per heavy atom. The highest BCUT2D eigenvalue weighted by Gasteiger charge is 2.18. The number of benzene rings is 1. The fourth-order valence-corrected chi connectivity index (χ4v) is 2.32. The minimum Gasteiger partial charge on any atom is -0.381 e. The highest BCUT2D eigenvalue weighted by molar-refractivity contribution is 5.20. The van der Waals surface area contributed by atoms with Crippen LogP contribution in [0.3, 0.4) is 0 Å². The average Bonchev–Trinajstić information content (AvgIpc) is 2.37. The molecule has 1 aliphatic heterocycles. The molecular formula is C14H20FNO. The quantitative estimate of drug-likeness (QED) is 0.869. The summed E-state index contributed by atoms with van der Waals surface area (Å²) in [5.74, 6) is -0.158. The van der Waals surface area contributed by atoms with Gasteiger partial charge in [-0.2, -0.15) is 0 Å². The van der Waals surface area contributed by atoms with Gasteiger partial charge in [0.2, 0.25) is 0 Å². The van der Waals surface area contributed by atoms with Crippen molar-refractivity contribution in [3.05, 3.63) is 35.6 Å². The summed E-state index contributed by atoms with van der Waals surface area (Å²) >= 11 is 0. The first-order chi connectivity index (χ1) is 8.29. The van der Waals surface area contributed by atoms with Gasteiger partial charge in [-0.3, -0.25) is 0 Å². The van der Waals surface area contributed by atoms with Gasteiger partial charge in [0.1, 0.15) is 5.82 Å². The summed E-state index contributed by atoms with van der Waals surface area (Å²) in [7, 11) is 0. The van der Waals surface area contributed by atoms with Crippen LogP contribution in [0.1, 0.15) is 37.8 Å². The maximum Gasteiger partial charge on any atom is 0.123 e. The van der Waals surface area contributed by atoms with Gasteiger partial charge in [-0.05, 0) is 37.0 Å². The van der Waals surface area contributed by atoms with Crippen LogP contribution in [0.4, 0.5) is 4.39 Å². The molecule has 1 aromatic rings. The first-order valence-electron chi connectivity index (χ1n) is 6.39. The number of halogens is 1. The lowest BCUT2D eigenvalue weighted by atomic mass is 10.0. The second kappa shape index (κ2) is 6.12. The minimum absolute atomic E-state index is 0.158. The lowest BCUT2D eigenvalue weighted by Crippen LogP contribution is -2.37. The molecule has 1 heterocycles. The van der Waals surface area contributed by atoms with E-state index in [4.69, 9.17) is 4.74 Å². The molecule has 1 aromatic carbocycles. The van der Waals surface area contributed by atoms with Crippen molar-refractivity contribution < 1.29 is 9.13 Å². The third kappa shape index (κ3) is 3.51. The van der Waals surface area contributed by atoms with Crippen LogP contribution in [-0.4, -0.2) is 19.3 Å². The zero-order valence-electron chi connectivity index (χ0n) is 10.3. The predicted molar refractivity (Wildman–Crippen MR) is 66.4 cm³/mol. The molecule has 0 aliphatic carbocycles. The lowest BCUT2D eigenvalue weighted by Gasteiger charge is -2.28. The molecule has 3 heteroatoms. The highest BCUT2D eigenvalue weighted by atomic mass is 19.1. The highest BCUT2D eigenvalue weighted by Crippen LogP contribution is 2.20. The maximum absolute atomic E-state index is 13.2. The number of ether oxygens (including phenoxy) is 1. The Hall–Kier alpha value is -0.930. The third-order valence-electron chi connectivity index (χ3n) is 3.32. The van der Waals surface area contributed by atoms with Crippen molar-refractivity contribution in [3.63, 3.8) is 0 Å². The molecule has 0 aromatic heterocycles. The molecule has 1 saturated heterocycles. The van der Waals surface area contributed by atoms with Crippen LogP contribution in [0.15, 0.2) is 24.3 Å². The van der Waals surface area contributed by atoms with Crippen molar-refractivity contribution in [1.82, 2.24) is 5.32 Å². The van der Waals surface area contributed by atoms with Crippen molar-refractivity contribution in [2.45, 2.75) is 38.3 Å². The van der Waals surface area contributed by atoms with E-state index in [-0.39, 0.29) is 11.9 Å². The van der Waals surface area contributed by atoms with Gasteiger partial charge in [0.15, 0.2) is 0 Å². The Labute approximate surface area is 102 Å². The van der Waals surface area contributed by atoms with E-state index in [9.17, 15) is 4.39 Å². The molecule has 17 heavy (non-hydrogen) atoms. The van der Waals surface area contributed by atoms with Crippen molar-refractivity contribution >= 4 is 0 Å². The van der Waals surface area contributed by atoms with Crippen molar-refractivity contribution in [2.24, 2.45) is 0 Å². The Morgan fingerprint density at radius 1 is 1.41 bits per heavy atom. The summed E-state index contributed by atoms with van der Waals surface area (Å²) in [6.07, 6.45) is 3.07. The minimum atomic E-state index is -0.158. The fourth-order valence-electron chi connectivity index (χ4n) is 2.32. The summed E-state index contributed by atoms with van der Waals surface area (Å²) in [6, 6.07) is 7.62. The van der Waals surface area contributed by atoms with Crippen molar-refractivity contribution in [2.75, 3.05) is 13.2 Å². The molecule has 0 amide bonds. The maximum atomic E-state index is 13.2. The van der Waals surface area contributed by atoms with E-state index in [1.807, 2.05) is 6.07 Å². The smallest absolute Gasteiger partial charge is 0.123 e. The summed E-state index contributed by atoms with van der Waals surface area (Å²) < 4.78 is 18.5. The van der Waals surface area contributed by atoms with Crippen LogP contribution in [-0.2, 0) is 4.74 Å². The molecule has 0 radical (unpaired) electrons. The zero-order valence-corrected chi connectivity index (χ0v) is 10.3. The topological polar surface area (TPSA) is 21.3 Å². The molecule has 2 rings (SSSR count). The Morgan fingerprint density at radius 3 is 2.82 bits per heavy atom. The van der Waals surface area contributed by atoms with Crippen LogP contribution in [0.2, 0.25) is 0 Å². The second-order valence-electron chi connectivity index (χ2n) is 4.57. The van der Waals surface area contributed by atoms with Crippen LogP contribution >= 0.6 is 0 Å². The second-order valence-corrected chi connectivity index (χ2v) is 4.57. The molecule has 0 bridgehead atoms. The van der Waals surface area contributed by atoms with Gasteiger partial charge in [-0.15, -0.1) is 0 Å². The normalized spacial score (nSPS) is 19.2. The van der Waals surface area contributed by atoms with Gasteiger partial charge < -0.3 is 10.1 Å². The van der Waals surface area contributed by atoms with Crippen LogP contribution in [0.5, 0.6) is 0 Å². The molecule has 94 valence electrons. The molecular weight excluding hydrogens is 217 g/mol. The van der Waals surface area contributed by atoms with Crippen LogP contribution < -0.4 is 5.32 Å². The molecule has 1 aliphatic rings. The van der Waals surface area contributed by atoms with Crippen molar-refractivity contribution in [3.8, 4) is 0 Å². The lowest BCUT2D eigenvalue weighted by molar-refractivity contribution is 0.0746. The van der Waals surface area contributed by atoms with E-state index in [0.717, 1.165) is 38.0 Å². The summed E-state index contributed by atoms with van der Waals surface area (Å²) in [4.78, 5) is 0. The first kappa shape index (κ1) is 12.5. The van der Waals surface area contributed by atoms with E-state index in [2.05, 4.69) is 12.2 Å². The molecule has 0 spiro atoms. The van der Waals surface area contributed by atoms with E-state index < -0.39 is 0 Å². The van der Waals surface area contributed by atoms with Gasteiger partial charge in [0.05, 0.1) is 0 Å². The summed E-state index contributed by atoms with van der Waals surface area (Å²) in [5, 5.41) is 3.60. The van der Waals surface area contributed by atoms with E-state index in [1.54, 1.807) is 12.1 Å². The van der Waals surface area contributed by atoms with E-state index in [1.165, 1.54) is 6.07 Å². The SMILES string of the molecule is CCC(NC1CCOCC1)c1cccc(F)c1. The van der Waals surface area contributed by atoms with Gasteiger partial charge >= 0.3 is 0 Å². The Bertz CT molecular complexity index is 350. The van der Waals surface area contributed by atoms with Gasteiger partial charge in [-0.25, -0.2) is 4.39 Å². The average molecular weight is 237 g/mol. The number of nitrogens with one attached hydrogen (secondary N) is 1. The van der Waals surface area contributed by atoms with E-state index in [0.29, 0.717) is 6.04 Å². The standard InChI is InChI=1S/C14H20FNO/c1-2-14(11-4-3-5-12(15)10-11)16-13-6-8-17-9-7-13/h3-5,10,13-14,16H,2,6-9H2,1H3. The Kier molecular flexibility index (Phi) is 4.51. The summed E-state index contributed by atoms with van der Waals surface area (Å²) in [5.41, 5.74) is 1.04. The number of hydrogen-bond donors (Lipinski definition) is 1. The van der Waals surface area contributed by atoms with Gasteiger partial charge in [-0.1, -0.05) is 19.1 Å². The largest absolute Gasteiger partial charge is 0.381 e. The third-order valence-corrected chi connectivity index (χ3v) is 3.32. The van der Waals surface area contributed by atoms with E-state index >= 15 is 0 Å². The molecule has 1 atom stereocenters.